The number of hydrogen-bond acceptors (Lipinski definition) is 6. The van der Waals surface area contributed by atoms with Gasteiger partial charge in [-0.05, 0) is 42.0 Å². The maximum Gasteiger partial charge on any atom is 0.267 e. The third kappa shape index (κ3) is 4.72. The number of aromatic nitrogens is 2. The Balaban J connectivity index is 1.82. The number of para-hydroxylation sites is 1. The fourth-order valence-electron chi connectivity index (χ4n) is 3.60. The van der Waals surface area contributed by atoms with Crippen molar-refractivity contribution in [1.82, 2.24) is 9.97 Å². The second-order valence-corrected chi connectivity index (χ2v) is 9.65. The lowest BCUT2D eigenvalue weighted by atomic mass is 10.1. The zero-order chi connectivity index (χ0) is 24.5. The summed E-state index contributed by atoms with van der Waals surface area (Å²) in [6, 6.07) is 15.6. The molecule has 4 aromatic rings. The summed E-state index contributed by atoms with van der Waals surface area (Å²) in [6.07, 6.45) is 1.24. The molecule has 2 aromatic heterocycles. The minimum Gasteiger partial charge on any atom is -0.383 e. The number of nitrogens with zero attached hydrogens (tertiary/aromatic N) is 3. The fraction of sp³-hybridized carbons (Fsp3) is 0.125. The summed E-state index contributed by atoms with van der Waals surface area (Å²) >= 11 is 0. The molecule has 0 saturated heterocycles. The molecule has 0 bridgehead atoms. The number of pyridine rings is 2. The van der Waals surface area contributed by atoms with Gasteiger partial charge in [-0.15, -0.1) is 0 Å². The highest BCUT2D eigenvalue weighted by Gasteiger charge is 2.24. The first-order chi connectivity index (χ1) is 16.1. The van der Waals surface area contributed by atoms with E-state index in [2.05, 4.69) is 9.97 Å². The quantitative estimate of drug-likeness (QED) is 0.437. The van der Waals surface area contributed by atoms with Gasteiger partial charge < -0.3 is 10.6 Å². The molecule has 2 aromatic carbocycles. The number of hydrogen-bond donors (Lipinski definition) is 1. The number of fused-ring (bicyclic) bond motifs is 1. The molecular weight excluding hydrogens is 462 g/mol. The van der Waals surface area contributed by atoms with Crippen molar-refractivity contribution in [3.05, 3.63) is 89.7 Å². The topological polar surface area (TPSA) is 106 Å². The van der Waals surface area contributed by atoms with Crippen molar-refractivity contribution in [2.24, 2.45) is 0 Å². The number of amides is 1. The van der Waals surface area contributed by atoms with Crippen LogP contribution in [0.5, 0.6) is 0 Å². The summed E-state index contributed by atoms with van der Waals surface area (Å²) in [4.78, 5) is 22.8. The highest BCUT2D eigenvalue weighted by Crippen LogP contribution is 2.30. The lowest BCUT2D eigenvalue weighted by molar-refractivity contribution is 0.0984. The Hall–Kier alpha value is -3.92. The minimum atomic E-state index is -3.65. The molecule has 0 spiro atoms. The molecule has 7 nitrogen and oxygen atoms in total. The largest absolute Gasteiger partial charge is 0.383 e. The maximum absolute atomic E-state index is 13.4. The van der Waals surface area contributed by atoms with Crippen molar-refractivity contribution in [1.29, 1.82) is 0 Å². The van der Waals surface area contributed by atoms with Gasteiger partial charge in [0.25, 0.3) is 12.3 Å². The Bertz CT molecular complexity index is 1480. The van der Waals surface area contributed by atoms with E-state index in [9.17, 15) is 22.0 Å². The Labute approximate surface area is 194 Å². The molecular formula is C24H20F2N4O3S. The number of carbonyl (C=O) groups excluding carboxylic acids is 1. The van der Waals surface area contributed by atoms with Crippen LogP contribution < -0.4 is 10.6 Å². The van der Waals surface area contributed by atoms with Crippen molar-refractivity contribution < 1.29 is 22.0 Å². The fourth-order valence-corrected chi connectivity index (χ4v) is 4.49. The van der Waals surface area contributed by atoms with Gasteiger partial charge >= 0.3 is 0 Å². The Kier molecular flexibility index (Phi) is 6.25. The zero-order valence-electron chi connectivity index (χ0n) is 18.0. The molecule has 0 fully saturated rings. The molecule has 0 aliphatic heterocycles. The number of nitrogen functional groups attached to an aromatic ring is 1. The number of anilines is 2. The molecule has 1 amide bonds. The van der Waals surface area contributed by atoms with Crippen LogP contribution in [0.1, 0.15) is 27.9 Å². The van der Waals surface area contributed by atoms with Gasteiger partial charge in [-0.25, -0.2) is 22.2 Å². The van der Waals surface area contributed by atoms with E-state index >= 15 is 0 Å². The predicted molar refractivity (Wildman–Crippen MR) is 125 cm³/mol. The lowest BCUT2D eigenvalue weighted by Gasteiger charge is -2.25. The summed E-state index contributed by atoms with van der Waals surface area (Å²) in [7, 11) is -3.65. The van der Waals surface area contributed by atoms with Crippen LogP contribution in [0.3, 0.4) is 0 Å². The van der Waals surface area contributed by atoms with Crippen LogP contribution in [0.4, 0.5) is 20.3 Å². The van der Waals surface area contributed by atoms with Crippen LogP contribution in [0.2, 0.25) is 0 Å². The van der Waals surface area contributed by atoms with Crippen molar-refractivity contribution in [3.63, 3.8) is 0 Å². The van der Waals surface area contributed by atoms with Crippen molar-refractivity contribution in [3.8, 4) is 0 Å². The number of benzene rings is 2. The second-order valence-electron chi connectivity index (χ2n) is 7.66. The van der Waals surface area contributed by atoms with Crippen LogP contribution in [0.25, 0.3) is 10.9 Å². The van der Waals surface area contributed by atoms with Crippen molar-refractivity contribution >= 4 is 38.2 Å². The summed E-state index contributed by atoms with van der Waals surface area (Å²) in [5, 5.41) is 0.468. The molecule has 0 unspecified atom stereocenters. The number of halogens is 2. The number of sulfone groups is 1. The summed E-state index contributed by atoms with van der Waals surface area (Å²) in [5.41, 5.74) is 6.80. The number of nitrogens with two attached hydrogens (primary N) is 1. The van der Waals surface area contributed by atoms with E-state index in [0.29, 0.717) is 16.5 Å². The SMILES string of the molecule is CS(=O)(=O)c1ccccc1N(Cc1ccc2cc(C(F)F)c(N)nc2c1)C(=O)c1cccnc1. The van der Waals surface area contributed by atoms with Gasteiger partial charge in [0.05, 0.1) is 33.8 Å². The number of carbonyl (C=O) groups is 1. The lowest BCUT2D eigenvalue weighted by Crippen LogP contribution is -2.31. The van der Waals surface area contributed by atoms with E-state index in [1.54, 1.807) is 48.5 Å². The van der Waals surface area contributed by atoms with Gasteiger partial charge in [-0.1, -0.05) is 24.3 Å². The molecule has 2 heterocycles. The van der Waals surface area contributed by atoms with Crippen LogP contribution >= 0.6 is 0 Å². The Morgan fingerprint density at radius 2 is 1.85 bits per heavy atom. The highest BCUT2D eigenvalue weighted by molar-refractivity contribution is 7.90. The summed E-state index contributed by atoms with van der Waals surface area (Å²) < 4.78 is 51.2. The molecule has 10 heteroatoms. The predicted octanol–water partition coefficient (Wildman–Crippen LogP) is 4.40. The number of alkyl halides is 2. The van der Waals surface area contributed by atoms with Crippen molar-refractivity contribution in [2.75, 3.05) is 16.9 Å². The van der Waals surface area contributed by atoms with Crippen LogP contribution in [-0.4, -0.2) is 30.5 Å². The average Bonchev–Trinajstić information content (AvgIpc) is 2.81. The van der Waals surface area contributed by atoms with Gasteiger partial charge in [0.15, 0.2) is 9.84 Å². The van der Waals surface area contributed by atoms with Gasteiger partial charge in [0, 0.05) is 24.0 Å². The normalized spacial score (nSPS) is 11.6. The second kappa shape index (κ2) is 9.14. The van der Waals surface area contributed by atoms with Crippen LogP contribution in [0.15, 0.2) is 78.0 Å². The zero-order valence-corrected chi connectivity index (χ0v) is 18.8. The first kappa shape index (κ1) is 23.2. The molecule has 0 atom stereocenters. The first-order valence-electron chi connectivity index (χ1n) is 10.1. The average molecular weight is 483 g/mol. The monoisotopic (exact) mass is 482 g/mol. The maximum atomic E-state index is 13.4. The Morgan fingerprint density at radius 3 is 2.53 bits per heavy atom. The minimum absolute atomic E-state index is 0.00280. The van der Waals surface area contributed by atoms with E-state index in [4.69, 9.17) is 5.73 Å². The molecule has 34 heavy (non-hydrogen) atoms. The molecule has 0 radical (unpaired) electrons. The van der Waals surface area contributed by atoms with E-state index in [0.717, 1.165) is 6.26 Å². The highest BCUT2D eigenvalue weighted by atomic mass is 32.2. The molecule has 174 valence electrons. The standard InChI is InChI=1S/C24H20F2N4O3S/c1-34(32,33)21-7-3-2-6-20(21)30(24(31)17-5-4-10-28-13-17)14-15-8-9-16-12-18(22(25)26)23(27)29-19(16)11-15/h2-13,22H,14H2,1H3,(H2,27,29). The third-order valence-corrected chi connectivity index (χ3v) is 6.37. The van der Waals surface area contributed by atoms with Gasteiger partial charge in [0.1, 0.15) is 5.82 Å². The van der Waals surface area contributed by atoms with Gasteiger partial charge in [0.2, 0.25) is 0 Å². The van der Waals surface area contributed by atoms with E-state index < -0.39 is 22.2 Å². The van der Waals surface area contributed by atoms with Crippen molar-refractivity contribution in [2.45, 2.75) is 17.9 Å². The molecule has 4 rings (SSSR count). The summed E-state index contributed by atoms with van der Waals surface area (Å²) in [5.74, 6) is -0.727. The van der Waals surface area contributed by atoms with E-state index in [1.807, 2.05) is 0 Å². The van der Waals surface area contributed by atoms with E-state index in [-0.39, 0.29) is 34.1 Å². The molecule has 0 aliphatic carbocycles. The van der Waals surface area contributed by atoms with Gasteiger partial charge in [-0.3, -0.25) is 9.78 Å². The van der Waals surface area contributed by atoms with Crippen LogP contribution in [0, 0.1) is 0 Å². The van der Waals surface area contributed by atoms with Crippen LogP contribution in [-0.2, 0) is 16.4 Å². The molecule has 0 aliphatic rings. The number of rotatable bonds is 6. The summed E-state index contributed by atoms with van der Waals surface area (Å²) in [6.45, 7) is -0.00557. The molecule has 2 N–H and O–H groups in total. The molecule has 0 saturated carbocycles. The first-order valence-corrected chi connectivity index (χ1v) is 12.0. The third-order valence-electron chi connectivity index (χ3n) is 5.23. The smallest absolute Gasteiger partial charge is 0.267 e. The van der Waals surface area contributed by atoms with Gasteiger partial charge in [-0.2, -0.15) is 0 Å². The Morgan fingerprint density at radius 1 is 1.09 bits per heavy atom. The van der Waals surface area contributed by atoms with E-state index in [1.165, 1.54) is 29.4 Å².